The number of fused-ring (bicyclic) bond motifs is 17. The van der Waals surface area contributed by atoms with E-state index in [0.29, 0.717) is 17.5 Å². The van der Waals surface area contributed by atoms with Gasteiger partial charge < -0.3 is 17.8 Å². The standard InChI is InChI=1S/C69H38N4O3S/c1-3-15-39(16-4-1)52-35-43(69-71-67(41-27-29-46-44-19-8-12-24-56(44)74-58(46)37-41)70-68(72-69)42-28-30-47-45-20-9-13-25-57(45)75-59(47)38-42)36-53(40-17-5-2-6-18-40)64(52)73-54-23-11-7-21-50(54)62-55(73)33-31-48-49-32-34-61-63(66(49)76-65(48)62)51-22-10-14-26-60(51)77-61/h1-38H. The first-order valence-corrected chi connectivity index (χ1v) is 26.5. The molecule has 77 heavy (non-hydrogen) atoms. The second-order valence-corrected chi connectivity index (χ2v) is 20.9. The van der Waals surface area contributed by atoms with Gasteiger partial charge in [-0.05, 0) is 96.1 Å². The van der Waals surface area contributed by atoms with Crippen molar-refractivity contribution in [2.24, 2.45) is 0 Å². The summed E-state index contributed by atoms with van der Waals surface area (Å²) < 4.78 is 25.0. The highest BCUT2D eigenvalue weighted by Crippen LogP contribution is 2.48. The number of furan rings is 3. The zero-order valence-electron chi connectivity index (χ0n) is 40.9. The zero-order valence-corrected chi connectivity index (χ0v) is 41.7. The molecule has 0 fully saturated rings. The van der Waals surface area contributed by atoms with Crippen LogP contribution in [0.15, 0.2) is 244 Å². The lowest BCUT2D eigenvalue weighted by molar-refractivity contribution is 0.668. The number of nitrogens with zero attached hydrogens (tertiary/aromatic N) is 4. The van der Waals surface area contributed by atoms with Crippen molar-refractivity contribution in [3.8, 4) is 62.1 Å². The Hall–Kier alpha value is -10.2. The van der Waals surface area contributed by atoms with Crippen LogP contribution in [0.1, 0.15) is 0 Å². The quantitative estimate of drug-likeness (QED) is 0.165. The fraction of sp³-hybridized carbons (Fsp3) is 0. The van der Waals surface area contributed by atoms with Crippen molar-refractivity contribution < 1.29 is 13.3 Å². The number of hydrogen-bond donors (Lipinski definition) is 0. The molecule has 0 aliphatic rings. The summed E-state index contributed by atoms with van der Waals surface area (Å²) in [5.41, 5.74) is 14.7. The van der Waals surface area contributed by atoms with Crippen molar-refractivity contribution in [1.82, 2.24) is 19.5 Å². The van der Waals surface area contributed by atoms with Gasteiger partial charge >= 0.3 is 0 Å². The summed E-state index contributed by atoms with van der Waals surface area (Å²) in [7, 11) is 0. The van der Waals surface area contributed by atoms with Gasteiger partial charge in [-0.1, -0.05) is 146 Å². The maximum atomic E-state index is 7.24. The molecule has 0 saturated heterocycles. The molecule has 0 saturated carbocycles. The third-order valence-corrected chi connectivity index (χ3v) is 16.6. The molecule has 11 aromatic carbocycles. The predicted molar refractivity (Wildman–Crippen MR) is 316 cm³/mol. The van der Waals surface area contributed by atoms with E-state index in [2.05, 4.69) is 187 Å². The molecule has 6 heterocycles. The predicted octanol–water partition coefficient (Wildman–Crippen LogP) is 19.4. The van der Waals surface area contributed by atoms with Crippen molar-refractivity contribution in [2.75, 3.05) is 0 Å². The Kier molecular flexibility index (Phi) is 8.87. The molecule has 0 spiro atoms. The van der Waals surface area contributed by atoms with Gasteiger partial charge in [-0.3, -0.25) is 0 Å². The van der Waals surface area contributed by atoms with Gasteiger partial charge in [0.1, 0.15) is 33.5 Å². The van der Waals surface area contributed by atoms with Gasteiger partial charge in [-0.15, -0.1) is 11.3 Å². The summed E-state index contributed by atoms with van der Waals surface area (Å²) in [6, 6.07) is 80.9. The Balaban J connectivity index is 0.943. The zero-order chi connectivity index (χ0) is 50.3. The smallest absolute Gasteiger partial charge is 0.164 e. The summed E-state index contributed by atoms with van der Waals surface area (Å²) in [5.74, 6) is 1.57. The second-order valence-electron chi connectivity index (χ2n) is 19.8. The molecule has 0 aliphatic heterocycles. The van der Waals surface area contributed by atoms with Gasteiger partial charge in [-0.25, -0.2) is 15.0 Å². The van der Waals surface area contributed by atoms with Crippen LogP contribution in [0.5, 0.6) is 0 Å². The number of thiophene rings is 1. The summed E-state index contributed by atoms with van der Waals surface area (Å²) >= 11 is 1.81. The highest BCUT2D eigenvalue weighted by atomic mass is 32.1. The van der Waals surface area contributed by atoms with Crippen LogP contribution in [-0.2, 0) is 0 Å². The minimum absolute atomic E-state index is 0.522. The first kappa shape index (κ1) is 42.2. The summed E-state index contributed by atoms with van der Waals surface area (Å²) in [6.07, 6.45) is 0. The van der Waals surface area contributed by atoms with Crippen LogP contribution in [0.4, 0.5) is 0 Å². The molecular weight excluding hydrogens is 965 g/mol. The van der Waals surface area contributed by atoms with Crippen LogP contribution in [-0.4, -0.2) is 19.5 Å². The van der Waals surface area contributed by atoms with Gasteiger partial charge in [0.05, 0.1) is 22.1 Å². The highest BCUT2D eigenvalue weighted by Gasteiger charge is 2.26. The van der Waals surface area contributed by atoms with Crippen molar-refractivity contribution in [1.29, 1.82) is 0 Å². The molecule has 7 nitrogen and oxygen atoms in total. The Morgan fingerprint density at radius 3 is 1.40 bits per heavy atom. The molecule has 0 unspecified atom stereocenters. The molecule has 358 valence electrons. The van der Waals surface area contributed by atoms with E-state index >= 15 is 0 Å². The second kappa shape index (κ2) is 16.2. The Labute approximate surface area is 442 Å². The van der Waals surface area contributed by atoms with E-state index in [-0.39, 0.29) is 0 Å². The Bertz CT molecular complexity index is 5100. The maximum absolute atomic E-state index is 7.24. The molecule has 0 aliphatic carbocycles. The third-order valence-electron chi connectivity index (χ3n) is 15.5. The molecule has 0 N–H and O–H groups in total. The Morgan fingerprint density at radius 1 is 0.299 bits per heavy atom. The van der Waals surface area contributed by atoms with E-state index in [4.69, 9.17) is 28.2 Å². The average Bonchev–Trinajstić information content (AvgIpc) is 4.45. The summed E-state index contributed by atoms with van der Waals surface area (Å²) in [4.78, 5) is 16.1. The van der Waals surface area contributed by atoms with Crippen molar-refractivity contribution in [3.63, 3.8) is 0 Å². The van der Waals surface area contributed by atoms with Crippen molar-refractivity contribution in [2.45, 2.75) is 0 Å². The molecular formula is C69H38N4O3S. The van der Waals surface area contributed by atoms with Crippen LogP contribution in [0.3, 0.4) is 0 Å². The molecule has 17 rings (SSSR count). The van der Waals surface area contributed by atoms with Crippen molar-refractivity contribution in [3.05, 3.63) is 231 Å². The van der Waals surface area contributed by atoms with Crippen LogP contribution in [0, 0.1) is 0 Å². The van der Waals surface area contributed by atoms with Crippen LogP contribution in [0.2, 0.25) is 0 Å². The van der Waals surface area contributed by atoms with Gasteiger partial charge in [0, 0.05) is 85.7 Å². The molecule has 6 aromatic heterocycles. The monoisotopic (exact) mass is 1000 g/mol. The average molecular weight is 1000 g/mol. The fourth-order valence-electron chi connectivity index (χ4n) is 12.0. The molecule has 0 bridgehead atoms. The van der Waals surface area contributed by atoms with E-state index in [9.17, 15) is 0 Å². The highest BCUT2D eigenvalue weighted by molar-refractivity contribution is 7.26. The van der Waals surface area contributed by atoms with Gasteiger partial charge in [0.15, 0.2) is 17.5 Å². The lowest BCUT2D eigenvalue weighted by Gasteiger charge is -2.21. The van der Waals surface area contributed by atoms with E-state index in [1.165, 1.54) is 20.2 Å². The molecule has 0 amide bonds. The van der Waals surface area contributed by atoms with Crippen LogP contribution < -0.4 is 0 Å². The number of rotatable bonds is 6. The van der Waals surface area contributed by atoms with Gasteiger partial charge in [-0.2, -0.15) is 0 Å². The lowest BCUT2D eigenvalue weighted by Crippen LogP contribution is -2.04. The Morgan fingerprint density at radius 2 is 0.779 bits per heavy atom. The van der Waals surface area contributed by atoms with Crippen molar-refractivity contribution >= 4 is 119 Å². The largest absolute Gasteiger partial charge is 0.456 e. The van der Waals surface area contributed by atoms with Crippen LogP contribution >= 0.6 is 11.3 Å². The molecule has 0 atom stereocenters. The minimum Gasteiger partial charge on any atom is -0.456 e. The number of para-hydroxylation sites is 3. The van der Waals surface area contributed by atoms with Gasteiger partial charge in [0.25, 0.3) is 0 Å². The SMILES string of the molecule is c1ccc(-c2cc(-c3nc(-c4ccc5c(c4)oc4ccccc45)nc(-c4ccc5c(c4)oc4ccccc45)n3)cc(-c3ccccc3)c2-n2c3ccccc3c3c4oc5c(ccc6sc7ccccc7c65)c4ccc32)cc1. The molecule has 17 aromatic rings. The third kappa shape index (κ3) is 6.34. The summed E-state index contributed by atoms with van der Waals surface area (Å²) in [5, 5.41) is 10.9. The maximum Gasteiger partial charge on any atom is 0.164 e. The number of aromatic nitrogens is 4. The topological polar surface area (TPSA) is 83.0 Å². The normalized spacial score (nSPS) is 12.2. The number of benzene rings is 11. The van der Waals surface area contributed by atoms with Gasteiger partial charge in [0.2, 0.25) is 0 Å². The first-order valence-electron chi connectivity index (χ1n) is 25.7. The minimum atomic E-state index is 0.522. The lowest BCUT2D eigenvalue weighted by atomic mass is 9.92. The fourth-order valence-corrected chi connectivity index (χ4v) is 13.1. The van der Waals surface area contributed by atoms with Crippen LogP contribution in [0.25, 0.3) is 170 Å². The van der Waals surface area contributed by atoms with E-state index < -0.39 is 0 Å². The first-order chi connectivity index (χ1) is 38.1. The molecule has 0 radical (unpaired) electrons. The number of hydrogen-bond acceptors (Lipinski definition) is 7. The summed E-state index contributed by atoms with van der Waals surface area (Å²) in [6.45, 7) is 0. The van der Waals surface area contributed by atoms with E-state index in [1.54, 1.807) is 0 Å². The molecule has 8 heteroatoms. The van der Waals surface area contributed by atoms with E-state index in [0.717, 1.165) is 132 Å². The van der Waals surface area contributed by atoms with E-state index in [1.807, 2.05) is 59.9 Å².